The van der Waals surface area contributed by atoms with Crippen LogP contribution in [0, 0.1) is 0 Å². The number of nitrogens with zero attached hydrogens (tertiary/aromatic N) is 2. The molecule has 0 spiro atoms. The Morgan fingerprint density at radius 3 is 2.76 bits per heavy atom. The van der Waals surface area contributed by atoms with Crippen molar-refractivity contribution in [2.24, 2.45) is 10.8 Å². The van der Waals surface area contributed by atoms with E-state index in [1.807, 2.05) is 18.8 Å². The van der Waals surface area contributed by atoms with E-state index in [4.69, 9.17) is 10.6 Å². The Morgan fingerprint density at radius 2 is 2.29 bits per heavy atom. The summed E-state index contributed by atoms with van der Waals surface area (Å²) < 4.78 is 4.99. The quantitative estimate of drug-likeness (QED) is 0.224. The summed E-state index contributed by atoms with van der Waals surface area (Å²) in [5.74, 6) is 7.34. The number of methoxy groups -OCH3 is 1. The van der Waals surface area contributed by atoms with Gasteiger partial charge >= 0.3 is 0 Å². The molecule has 0 saturated heterocycles. The van der Waals surface area contributed by atoms with Crippen LogP contribution >= 0.6 is 11.8 Å². The predicted octanol–water partition coefficient (Wildman–Crippen LogP) is 0.916. The van der Waals surface area contributed by atoms with E-state index in [0.717, 1.165) is 37.7 Å². The molecule has 1 unspecified atom stereocenters. The minimum Gasteiger partial charge on any atom is -0.385 e. The fourth-order valence-electron chi connectivity index (χ4n) is 1.52. The maximum atomic E-state index is 5.52. The Balaban J connectivity index is 4.29. The molecule has 3 N–H and O–H groups in total. The summed E-state index contributed by atoms with van der Waals surface area (Å²) in [6, 6.07) is 0.460. The van der Waals surface area contributed by atoms with Crippen LogP contribution in [0.4, 0.5) is 0 Å². The Kier molecular flexibility index (Phi) is 10.4. The monoisotopic (exact) mass is 262 g/mol. The highest BCUT2D eigenvalue weighted by Gasteiger charge is 2.15. The maximum absolute atomic E-state index is 5.52. The molecule has 0 rings (SSSR count). The van der Waals surface area contributed by atoms with Crippen LogP contribution in [0.15, 0.2) is 4.99 Å². The number of nitrogens with one attached hydrogen (secondary N) is 1. The number of thioether (sulfide) groups is 1. The van der Waals surface area contributed by atoms with Crippen LogP contribution in [-0.4, -0.2) is 56.2 Å². The molecule has 17 heavy (non-hydrogen) atoms. The van der Waals surface area contributed by atoms with Crippen molar-refractivity contribution in [3.8, 4) is 0 Å². The van der Waals surface area contributed by atoms with Crippen LogP contribution in [0.2, 0.25) is 0 Å². The minimum absolute atomic E-state index is 0.460. The molecular weight excluding hydrogens is 236 g/mol. The van der Waals surface area contributed by atoms with Crippen LogP contribution in [0.1, 0.15) is 19.8 Å². The van der Waals surface area contributed by atoms with Crippen molar-refractivity contribution in [2.75, 3.05) is 39.3 Å². The van der Waals surface area contributed by atoms with E-state index < -0.39 is 0 Å². The van der Waals surface area contributed by atoms with E-state index in [0.29, 0.717) is 6.04 Å². The van der Waals surface area contributed by atoms with E-state index >= 15 is 0 Å². The average molecular weight is 262 g/mol. The summed E-state index contributed by atoms with van der Waals surface area (Å²) in [6.07, 6.45) is 4.10. The van der Waals surface area contributed by atoms with Crippen molar-refractivity contribution in [3.05, 3.63) is 0 Å². The summed E-state index contributed by atoms with van der Waals surface area (Å²) in [4.78, 5) is 6.56. The number of aliphatic imine (C=N–C) groups is 1. The smallest absolute Gasteiger partial charge is 0.208 e. The minimum atomic E-state index is 0.460. The van der Waals surface area contributed by atoms with Gasteiger partial charge in [0.1, 0.15) is 0 Å². The first-order chi connectivity index (χ1) is 8.21. The highest BCUT2D eigenvalue weighted by molar-refractivity contribution is 7.98. The van der Waals surface area contributed by atoms with Gasteiger partial charge in [-0.3, -0.25) is 10.4 Å². The average Bonchev–Trinajstić information content (AvgIpc) is 2.35. The summed E-state index contributed by atoms with van der Waals surface area (Å²) in [5, 5.41) is 0. The van der Waals surface area contributed by atoms with Crippen LogP contribution in [-0.2, 0) is 4.74 Å². The normalized spacial score (nSPS) is 13.6. The zero-order chi connectivity index (χ0) is 13.1. The molecule has 0 amide bonds. The summed E-state index contributed by atoms with van der Waals surface area (Å²) in [6.45, 7) is 3.64. The molecule has 0 aliphatic carbocycles. The van der Waals surface area contributed by atoms with Gasteiger partial charge in [-0.2, -0.15) is 11.8 Å². The SMILES string of the molecule is CCC(CSC)N(C)C(=NCCCOC)NN. The van der Waals surface area contributed by atoms with E-state index in [9.17, 15) is 0 Å². The standard InChI is InChI=1S/C11H26N4OS/c1-5-10(9-17-4)15(2)11(14-12)13-7-6-8-16-3/h10H,5-9,12H2,1-4H3,(H,13,14). The number of hydrogen-bond acceptors (Lipinski definition) is 4. The van der Waals surface area contributed by atoms with Crippen molar-refractivity contribution < 1.29 is 4.74 Å². The highest BCUT2D eigenvalue weighted by atomic mass is 32.2. The molecule has 0 radical (unpaired) electrons. The lowest BCUT2D eigenvalue weighted by Gasteiger charge is -2.29. The van der Waals surface area contributed by atoms with E-state index in [1.165, 1.54) is 0 Å². The van der Waals surface area contributed by atoms with Gasteiger partial charge in [0.05, 0.1) is 0 Å². The molecule has 1 atom stereocenters. The van der Waals surface area contributed by atoms with Crippen molar-refractivity contribution in [1.29, 1.82) is 0 Å². The molecule has 6 heteroatoms. The summed E-state index contributed by atoms with van der Waals surface area (Å²) in [7, 11) is 3.73. The number of hydrazine groups is 1. The first-order valence-corrected chi connectivity index (χ1v) is 7.32. The first-order valence-electron chi connectivity index (χ1n) is 5.92. The molecule has 0 aliphatic heterocycles. The largest absolute Gasteiger partial charge is 0.385 e. The third-order valence-corrected chi connectivity index (χ3v) is 3.33. The molecule has 0 aromatic heterocycles. The van der Waals surface area contributed by atoms with Gasteiger partial charge < -0.3 is 9.64 Å². The molecule has 0 bridgehead atoms. The van der Waals surface area contributed by atoms with Crippen molar-refractivity contribution in [2.45, 2.75) is 25.8 Å². The lowest BCUT2D eigenvalue weighted by molar-refractivity contribution is 0.197. The second-order valence-electron chi connectivity index (χ2n) is 3.82. The van der Waals surface area contributed by atoms with Crippen LogP contribution < -0.4 is 11.3 Å². The lowest BCUT2D eigenvalue weighted by atomic mass is 10.2. The van der Waals surface area contributed by atoms with Crippen molar-refractivity contribution in [3.63, 3.8) is 0 Å². The van der Waals surface area contributed by atoms with Gasteiger partial charge in [0.25, 0.3) is 0 Å². The van der Waals surface area contributed by atoms with E-state index in [-0.39, 0.29) is 0 Å². The lowest BCUT2D eigenvalue weighted by Crippen LogP contribution is -2.48. The maximum Gasteiger partial charge on any atom is 0.208 e. The van der Waals surface area contributed by atoms with Crippen molar-refractivity contribution >= 4 is 17.7 Å². The fourth-order valence-corrected chi connectivity index (χ4v) is 2.37. The second-order valence-corrected chi connectivity index (χ2v) is 4.74. The van der Waals surface area contributed by atoms with E-state index in [1.54, 1.807) is 7.11 Å². The molecule has 0 heterocycles. The van der Waals surface area contributed by atoms with E-state index in [2.05, 4.69) is 28.5 Å². The van der Waals surface area contributed by atoms with Gasteiger partial charge in [-0.25, -0.2) is 5.84 Å². The van der Waals surface area contributed by atoms with Gasteiger partial charge in [-0.1, -0.05) is 6.92 Å². The Hall–Kier alpha value is -0.460. The molecule has 0 fully saturated rings. The Labute approximate surface area is 109 Å². The Bertz CT molecular complexity index is 214. The predicted molar refractivity (Wildman–Crippen MR) is 76.3 cm³/mol. The molecule has 102 valence electrons. The molecule has 5 nitrogen and oxygen atoms in total. The van der Waals surface area contributed by atoms with Crippen LogP contribution in [0.5, 0.6) is 0 Å². The number of ether oxygens (including phenoxy) is 1. The third-order valence-electron chi connectivity index (χ3n) is 2.61. The number of rotatable bonds is 8. The Morgan fingerprint density at radius 1 is 1.59 bits per heavy atom. The second kappa shape index (κ2) is 10.7. The molecule has 0 aromatic rings. The zero-order valence-electron chi connectivity index (χ0n) is 11.4. The summed E-state index contributed by atoms with van der Waals surface area (Å²) >= 11 is 1.84. The van der Waals surface area contributed by atoms with Gasteiger partial charge in [-0.05, 0) is 19.1 Å². The van der Waals surface area contributed by atoms with Gasteiger partial charge in [0.2, 0.25) is 5.96 Å². The first kappa shape index (κ1) is 16.5. The zero-order valence-corrected chi connectivity index (χ0v) is 12.2. The molecule has 0 aromatic carbocycles. The third kappa shape index (κ3) is 6.75. The van der Waals surface area contributed by atoms with Gasteiger partial charge in [0, 0.05) is 39.1 Å². The molecule has 0 aliphatic rings. The topological polar surface area (TPSA) is 62.9 Å². The van der Waals surface area contributed by atoms with Gasteiger partial charge in [0.15, 0.2) is 0 Å². The fraction of sp³-hybridized carbons (Fsp3) is 0.909. The number of guanidine groups is 1. The number of nitrogens with two attached hydrogens (primary N) is 1. The van der Waals surface area contributed by atoms with Crippen molar-refractivity contribution in [1.82, 2.24) is 10.3 Å². The number of hydrogen-bond donors (Lipinski definition) is 2. The van der Waals surface area contributed by atoms with Crippen LogP contribution in [0.3, 0.4) is 0 Å². The van der Waals surface area contributed by atoms with Gasteiger partial charge in [-0.15, -0.1) is 0 Å². The summed E-state index contributed by atoms with van der Waals surface area (Å²) in [5.41, 5.74) is 2.68. The highest BCUT2D eigenvalue weighted by Crippen LogP contribution is 2.08. The molecule has 0 saturated carbocycles. The molecular formula is C11H26N4OS. The van der Waals surface area contributed by atoms with Crippen LogP contribution in [0.25, 0.3) is 0 Å².